The van der Waals surface area contributed by atoms with E-state index in [0.717, 1.165) is 12.8 Å². The van der Waals surface area contributed by atoms with Crippen LogP contribution in [0.4, 0.5) is 4.79 Å². The lowest BCUT2D eigenvalue weighted by atomic mass is 9.94. The Balaban J connectivity index is 2.51. The van der Waals surface area contributed by atoms with Gasteiger partial charge in [0.05, 0.1) is 0 Å². The van der Waals surface area contributed by atoms with E-state index in [0.29, 0.717) is 12.5 Å². The lowest BCUT2D eigenvalue weighted by Crippen LogP contribution is -2.52. The van der Waals surface area contributed by atoms with Gasteiger partial charge in [-0.05, 0) is 32.6 Å². The third kappa shape index (κ3) is 3.12. The third-order valence-corrected chi connectivity index (χ3v) is 3.11. The quantitative estimate of drug-likeness (QED) is 0.748. The SMILES string of the molecule is CC1CCN(C(=O)N[C@H](C)C(=O)O)C(C)C1. The van der Waals surface area contributed by atoms with Crippen LogP contribution in [-0.4, -0.2) is 40.6 Å². The zero-order valence-corrected chi connectivity index (χ0v) is 10.1. The number of carboxylic acids is 1. The summed E-state index contributed by atoms with van der Waals surface area (Å²) in [5.41, 5.74) is 0. The monoisotopic (exact) mass is 228 g/mol. The van der Waals surface area contributed by atoms with Crippen molar-refractivity contribution in [3.63, 3.8) is 0 Å². The molecule has 1 rings (SSSR count). The summed E-state index contributed by atoms with van der Waals surface area (Å²) in [5, 5.41) is 11.2. The number of aliphatic carboxylic acids is 1. The molecule has 2 amide bonds. The molecule has 1 aliphatic rings. The molecule has 92 valence electrons. The second-order valence-corrected chi connectivity index (χ2v) is 4.68. The summed E-state index contributed by atoms with van der Waals surface area (Å²) in [6.45, 7) is 6.35. The molecule has 2 unspecified atom stereocenters. The molecule has 5 nitrogen and oxygen atoms in total. The van der Waals surface area contributed by atoms with Crippen molar-refractivity contribution < 1.29 is 14.7 Å². The Hall–Kier alpha value is -1.26. The highest BCUT2D eigenvalue weighted by Gasteiger charge is 2.28. The third-order valence-electron chi connectivity index (χ3n) is 3.11. The Morgan fingerprint density at radius 2 is 2.06 bits per heavy atom. The van der Waals surface area contributed by atoms with Crippen LogP contribution in [0.25, 0.3) is 0 Å². The van der Waals surface area contributed by atoms with Crippen LogP contribution >= 0.6 is 0 Å². The molecule has 0 radical (unpaired) electrons. The van der Waals surface area contributed by atoms with Crippen LogP contribution in [0, 0.1) is 5.92 Å². The standard InChI is InChI=1S/C11H20N2O3/c1-7-4-5-13(8(2)6-7)11(16)12-9(3)10(14)15/h7-9H,4-6H2,1-3H3,(H,12,16)(H,14,15)/t7?,8?,9-/m1/s1. The van der Waals surface area contributed by atoms with Crippen LogP contribution in [0.3, 0.4) is 0 Å². The van der Waals surface area contributed by atoms with Crippen molar-refractivity contribution in [1.29, 1.82) is 0 Å². The first kappa shape index (κ1) is 12.8. The Bertz CT molecular complexity index is 280. The van der Waals surface area contributed by atoms with Gasteiger partial charge in [0, 0.05) is 12.6 Å². The van der Waals surface area contributed by atoms with E-state index in [1.54, 1.807) is 4.90 Å². The van der Waals surface area contributed by atoms with E-state index in [4.69, 9.17) is 5.11 Å². The number of hydrogen-bond donors (Lipinski definition) is 2. The number of urea groups is 1. The van der Waals surface area contributed by atoms with Gasteiger partial charge in [-0.1, -0.05) is 6.92 Å². The summed E-state index contributed by atoms with van der Waals surface area (Å²) in [6, 6.07) is -0.918. The number of carboxylic acid groups (broad SMARTS) is 1. The summed E-state index contributed by atoms with van der Waals surface area (Å²) in [5.74, 6) is -0.373. The minimum Gasteiger partial charge on any atom is -0.480 e. The number of nitrogens with zero attached hydrogens (tertiary/aromatic N) is 1. The van der Waals surface area contributed by atoms with Crippen molar-refractivity contribution in [2.45, 2.75) is 45.7 Å². The van der Waals surface area contributed by atoms with Crippen LogP contribution < -0.4 is 5.32 Å². The molecule has 0 bridgehead atoms. The molecule has 0 saturated carbocycles. The molecular formula is C11H20N2O3. The first-order valence-corrected chi connectivity index (χ1v) is 5.71. The van der Waals surface area contributed by atoms with Crippen molar-refractivity contribution in [2.75, 3.05) is 6.54 Å². The maximum atomic E-state index is 11.8. The van der Waals surface area contributed by atoms with E-state index >= 15 is 0 Å². The fraction of sp³-hybridized carbons (Fsp3) is 0.818. The number of carbonyl (C=O) groups is 2. The maximum Gasteiger partial charge on any atom is 0.325 e. The molecule has 0 aliphatic carbocycles. The molecule has 2 N–H and O–H groups in total. The van der Waals surface area contributed by atoms with Gasteiger partial charge in [0.2, 0.25) is 0 Å². The fourth-order valence-electron chi connectivity index (χ4n) is 2.04. The molecule has 0 aromatic rings. The number of piperidine rings is 1. The van der Waals surface area contributed by atoms with Gasteiger partial charge in [-0.15, -0.1) is 0 Å². The van der Waals surface area contributed by atoms with Gasteiger partial charge in [0.15, 0.2) is 0 Å². The minimum atomic E-state index is -1.01. The van der Waals surface area contributed by atoms with Gasteiger partial charge < -0.3 is 15.3 Å². The second kappa shape index (κ2) is 5.18. The number of amides is 2. The lowest BCUT2D eigenvalue weighted by molar-refractivity contribution is -0.138. The summed E-state index contributed by atoms with van der Waals surface area (Å²) in [7, 11) is 0. The molecule has 16 heavy (non-hydrogen) atoms. The van der Waals surface area contributed by atoms with Gasteiger partial charge in [0.25, 0.3) is 0 Å². The highest BCUT2D eigenvalue weighted by molar-refractivity contribution is 5.82. The average Bonchev–Trinajstić information content (AvgIpc) is 2.16. The van der Waals surface area contributed by atoms with Crippen LogP contribution in [0.1, 0.15) is 33.6 Å². The van der Waals surface area contributed by atoms with Crippen molar-refractivity contribution in [3.8, 4) is 0 Å². The Kier molecular flexibility index (Phi) is 4.15. The Morgan fingerprint density at radius 3 is 2.56 bits per heavy atom. The van der Waals surface area contributed by atoms with Crippen LogP contribution in [0.15, 0.2) is 0 Å². The fourth-order valence-corrected chi connectivity index (χ4v) is 2.04. The Morgan fingerprint density at radius 1 is 1.44 bits per heavy atom. The van der Waals surface area contributed by atoms with E-state index in [2.05, 4.69) is 12.2 Å². The van der Waals surface area contributed by atoms with Crippen molar-refractivity contribution in [3.05, 3.63) is 0 Å². The predicted octanol–water partition coefficient (Wildman–Crippen LogP) is 1.29. The molecule has 1 saturated heterocycles. The van der Waals surface area contributed by atoms with E-state index < -0.39 is 12.0 Å². The zero-order valence-electron chi connectivity index (χ0n) is 10.1. The molecule has 1 aliphatic heterocycles. The highest BCUT2D eigenvalue weighted by Crippen LogP contribution is 2.21. The van der Waals surface area contributed by atoms with Crippen LogP contribution in [-0.2, 0) is 4.79 Å². The minimum absolute atomic E-state index is 0.185. The number of hydrogen-bond acceptors (Lipinski definition) is 2. The summed E-state index contributed by atoms with van der Waals surface area (Å²) >= 11 is 0. The van der Waals surface area contributed by atoms with Gasteiger partial charge in [0.1, 0.15) is 6.04 Å². The molecule has 0 aromatic heterocycles. The van der Waals surface area contributed by atoms with Gasteiger partial charge in [-0.3, -0.25) is 4.79 Å². The van der Waals surface area contributed by atoms with Crippen molar-refractivity contribution in [1.82, 2.24) is 10.2 Å². The molecular weight excluding hydrogens is 208 g/mol. The number of nitrogens with one attached hydrogen (secondary N) is 1. The first-order chi connectivity index (χ1) is 7.41. The van der Waals surface area contributed by atoms with Crippen molar-refractivity contribution in [2.24, 2.45) is 5.92 Å². The van der Waals surface area contributed by atoms with Crippen LogP contribution in [0.2, 0.25) is 0 Å². The van der Waals surface area contributed by atoms with Crippen LogP contribution in [0.5, 0.6) is 0 Å². The topological polar surface area (TPSA) is 69.6 Å². The van der Waals surface area contributed by atoms with Gasteiger partial charge in [-0.2, -0.15) is 0 Å². The molecule has 1 heterocycles. The number of rotatable bonds is 2. The predicted molar refractivity (Wildman–Crippen MR) is 60.2 cm³/mol. The van der Waals surface area contributed by atoms with E-state index in [1.165, 1.54) is 6.92 Å². The van der Waals surface area contributed by atoms with Gasteiger partial charge >= 0.3 is 12.0 Å². The molecule has 1 fully saturated rings. The van der Waals surface area contributed by atoms with E-state index in [-0.39, 0.29) is 12.1 Å². The first-order valence-electron chi connectivity index (χ1n) is 5.71. The number of carbonyl (C=O) groups excluding carboxylic acids is 1. The number of likely N-dealkylation sites (tertiary alicyclic amines) is 1. The second-order valence-electron chi connectivity index (χ2n) is 4.68. The highest BCUT2D eigenvalue weighted by atomic mass is 16.4. The largest absolute Gasteiger partial charge is 0.480 e. The normalized spacial score (nSPS) is 27.3. The summed E-state index contributed by atoms with van der Waals surface area (Å²) in [6.07, 6.45) is 1.97. The summed E-state index contributed by atoms with van der Waals surface area (Å²) < 4.78 is 0. The lowest BCUT2D eigenvalue weighted by Gasteiger charge is -2.36. The Labute approximate surface area is 95.8 Å². The zero-order chi connectivity index (χ0) is 12.3. The molecule has 5 heteroatoms. The van der Waals surface area contributed by atoms with Gasteiger partial charge in [-0.25, -0.2) is 4.79 Å². The molecule has 3 atom stereocenters. The smallest absolute Gasteiger partial charge is 0.325 e. The molecule has 0 aromatic carbocycles. The molecule has 0 spiro atoms. The maximum absolute atomic E-state index is 11.8. The van der Waals surface area contributed by atoms with E-state index in [9.17, 15) is 9.59 Å². The van der Waals surface area contributed by atoms with E-state index in [1.807, 2.05) is 6.92 Å². The summed E-state index contributed by atoms with van der Waals surface area (Å²) in [4.78, 5) is 24.1. The van der Waals surface area contributed by atoms with Crippen molar-refractivity contribution >= 4 is 12.0 Å². The average molecular weight is 228 g/mol.